The van der Waals surface area contributed by atoms with Crippen molar-refractivity contribution in [2.24, 2.45) is 5.92 Å². The Morgan fingerprint density at radius 2 is 2.42 bits per heavy atom. The van der Waals surface area contributed by atoms with Gasteiger partial charge in [0.25, 0.3) is 0 Å². The van der Waals surface area contributed by atoms with Crippen molar-refractivity contribution in [3.05, 3.63) is 28.7 Å². The van der Waals surface area contributed by atoms with Crippen LogP contribution in [0.3, 0.4) is 0 Å². The van der Waals surface area contributed by atoms with Crippen LogP contribution in [0.5, 0.6) is 0 Å². The average molecular weight is 279 g/mol. The summed E-state index contributed by atoms with van der Waals surface area (Å²) >= 11 is 1.63. The van der Waals surface area contributed by atoms with E-state index >= 15 is 0 Å². The largest absolute Gasteiger partial charge is 0.355 e. The third kappa shape index (κ3) is 3.85. The van der Waals surface area contributed by atoms with Gasteiger partial charge < -0.3 is 5.32 Å². The topological polar surface area (TPSA) is 72.7 Å². The number of hydrogen-bond acceptors (Lipinski definition) is 5. The average Bonchev–Trinajstić information content (AvgIpc) is 3.02. The maximum atomic E-state index is 11.9. The van der Waals surface area contributed by atoms with Crippen LogP contribution in [0, 0.1) is 12.8 Å². The number of amides is 1. The Balaban J connectivity index is 1.73. The van der Waals surface area contributed by atoms with Gasteiger partial charge >= 0.3 is 0 Å². The normalized spacial score (nSPS) is 12.3. The first-order valence-electron chi connectivity index (χ1n) is 6.16. The van der Waals surface area contributed by atoms with Crippen LogP contribution in [0.15, 0.2) is 18.2 Å². The molecule has 1 N–H and O–H groups in total. The standard InChI is InChI=1S/C12H17N5OS/c1-9(5-17-7-13-6-16-17)12(18)14-4-3-11-10(2)15-8-19-11/h6-9H,3-5H2,1-2H3,(H,14,18). The number of thiazole rings is 1. The van der Waals surface area contributed by atoms with Gasteiger partial charge in [-0.25, -0.2) is 9.97 Å². The smallest absolute Gasteiger partial charge is 0.224 e. The number of nitrogens with one attached hydrogen (secondary N) is 1. The summed E-state index contributed by atoms with van der Waals surface area (Å²) in [6.45, 7) is 5.06. The third-order valence-electron chi connectivity index (χ3n) is 2.87. The molecule has 7 heteroatoms. The molecule has 0 saturated heterocycles. The molecule has 0 radical (unpaired) electrons. The quantitative estimate of drug-likeness (QED) is 0.857. The van der Waals surface area contributed by atoms with Crippen molar-refractivity contribution < 1.29 is 4.79 Å². The van der Waals surface area contributed by atoms with E-state index in [-0.39, 0.29) is 11.8 Å². The minimum absolute atomic E-state index is 0.0395. The lowest BCUT2D eigenvalue weighted by molar-refractivity contribution is -0.124. The molecule has 0 spiro atoms. The molecule has 0 fully saturated rings. The van der Waals surface area contributed by atoms with Crippen molar-refractivity contribution in [1.82, 2.24) is 25.1 Å². The van der Waals surface area contributed by atoms with Crippen molar-refractivity contribution in [3.63, 3.8) is 0 Å². The van der Waals surface area contributed by atoms with E-state index in [0.29, 0.717) is 13.1 Å². The van der Waals surface area contributed by atoms with Gasteiger partial charge in [-0.2, -0.15) is 5.10 Å². The Morgan fingerprint density at radius 3 is 3.05 bits per heavy atom. The molecular weight excluding hydrogens is 262 g/mol. The summed E-state index contributed by atoms with van der Waals surface area (Å²) < 4.78 is 1.66. The van der Waals surface area contributed by atoms with Gasteiger partial charge in [0.15, 0.2) is 0 Å². The van der Waals surface area contributed by atoms with Crippen molar-refractivity contribution in [2.75, 3.05) is 6.54 Å². The van der Waals surface area contributed by atoms with Gasteiger partial charge in [0.05, 0.1) is 23.7 Å². The van der Waals surface area contributed by atoms with Crippen LogP contribution < -0.4 is 5.32 Å². The van der Waals surface area contributed by atoms with Crippen molar-refractivity contribution in [2.45, 2.75) is 26.8 Å². The van der Waals surface area contributed by atoms with Crippen LogP contribution in [-0.2, 0) is 17.8 Å². The molecular formula is C12H17N5OS. The Bertz CT molecular complexity index is 522. The van der Waals surface area contributed by atoms with E-state index in [9.17, 15) is 4.79 Å². The molecule has 2 heterocycles. The molecule has 6 nitrogen and oxygen atoms in total. The first-order valence-corrected chi connectivity index (χ1v) is 7.04. The van der Waals surface area contributed by atoms with Gasteiger partial charge in [0, 0.05) is 17.8 Å². The summed E-state index contributed by atoms with van der Waals surface area (Å²) in [7, 11) is 0. The molecule has 0 aromatic carbocycles. The summed E-state index contributed by atoms with van der Waals surface area (Å²) in [6, 6.07) is 0. The first-order chi connectivity index (χ1) is 9.16. The molecule has 1 amide bonds. The van der Waals surface area contributed by atoms with Crippen LogP contribution in [0.25, 0.3) is 0 Å². The maximum absolute atomic E-state index is 11.9. The van der Waals surface area contributed by atoms with Gasteiger partial charge in [0.1, 0.15) is 12.7 Å². The van der Waals surface area contributed by atoms with Gasteiger partial charge in [0.2, 0.25) is 5.91 Å². The van der Waals surface area contributed by atoms with Gasteiger partial charge in [-0.1, -0.05) is 6.92 Å². The molecule has 1 atom stereocenters. The lowest BCUT2D eigenvalue weighted by Crippen LogP contribution is -2.33. The Labute approximate surface area is 115 Å². The molecule has 0 aliphatic rings. The zero-order valence-corrected chi connectivity index (χ0v) is 11.9. The molecule has 2 aromatic rings. The molecule has 102 valence electrons. The Hall–Kier alpha value is -1.76. The number of carbonyl (C=O) groups excluding carboxylic acids is 1. The van der Waals surface area contributed by atoms with E-state index < -0.39 is 0 Å². The fourth-order valence-corrected chi connectivity index (χ4v) is 2.51. The van der Waals surface area contributed by atoms with E-state index in [2.05, 4.69) is 20.4 Å². The molecule has 0 aliphatic carbocycles. The first kappa shape index (κ1) is 13.7. The molecule has 1 unspecified atom stereocenters. The van der Waals surface area contributed by atoms with E-state index in [1.54, 1.807) is 22.3 Å². The monoisotopic (exact) mass is 279 g/mol. The third-order valence-corrected chi connectivity index (χ3v) is 3.87. The van der Waals surface area contributed by atoms with Crippen LogP contribution in [-0.4, -0.2) is 32.2 Å². The fraction of sp³-hybridized carbons (Fsp3) is 0.500. The molecule has 19 heavy (non-hydrogen) atoms. The zero-order valence-electron chi connectivity index (χ0n) is 11.0. The maximum Gasteiger partial charge on any atom is 0.224 e. The molecule has 0 aliphatic heterocycles. The summed E-state index contributed by atoms with van der Waals surface area (Å²) in [4.78, 5) is 21.2. The van der Waals surface area contributed by atoms with Crippen molar-refractivity contribution >= 4 is 17.2 Å². The molecule has 0 bridgehead atoms. The van der Waals surface area contributed by atoms with E-state index in [4.69, 9.17) is 0 Å². The fourth-order valence-electron chi connectivity index (χ4n) is 1.73. The highest BCUT2D eigenvalue weighted by atomic mass is 32.1. The van der Waals surface area contributed by atoms with Crippen LogP contribution in [0.1, 0.15) is 17.5 Å². The SMILES string of the molecule is Cc1ncsc1CCNC(=O)C(C)Cn1cncn1. The highest BCUT2D eigenvalue weighted by Gasteiger charge is 2.13. The second-order valence-electron chi connectivity index (χ2n) is 4.42. The lowest BCUT2D eigenvalue weighted by Gasteiger charge is -2.11. The van der Waals surface area contributed by atoms with Crippen LogP contribution >= 0.6 is 11.3 Å². The molecule has 2 aromatic heterocycles. The number of rotatable bonds is 6. The van der Waals surface area contributed by atoms with E-state index in [0.717, 1.165) is 12.1 Å². The number of carbonyl (C=O) groups is 1. The number of nitrogens with zero attached hydrogens (tertiary/aromatic N) is 4. The van der Waals surface area contributed by atoms with E-state index in [1.807, 2.05) is 19.4 Å². The highest BCUT2D eigenvalue weighted by Crippen LogP contribution is 2.12. The highest BCUT2D eigenvalue weighted by molar-refractivity contribution is 7.09. The van der Waals surface area contributed by atoms with Gasteiger partial charge in [-0.15, -0.1) is 11.3 Å². The Morgan fingerprint density at radius 1 is 1.58 bits per heavy atom. The van der Waals surface area contributed by atoms with Crippen molar-refractivity contribution in [3.8, 4) is 0 Å². The minimum atomic E-state index is -0.121. The van der Waals surface area contributed by atoms with Crippen molar-refractivity contribution in [1.29, 1.82) is 0 Å². The van der Waals surface area contributed by atoms with Crippen LogP contribution in [0.4, 0.5) is 0 Å². The lowest BCUT2D eigenvalue weighted by atomic mass is 10.1. The van der Waals surface area contributed by atoms with E-state index in [1.165, 1.54) is 11.2 Å². The Kier molecular flexibility index (Phi) is 4.62. The summed E-state index contributed by atoms with van der Waals surface area (Å²) in [5.74, 6) is -0.0815. The summed E-state index contributed by atoms with van der Waals surface area (Å²) in [5.41, 5.74) is 2.88. The molecule has 2 rings (SSSR count). The minimum Gasteiger partial charge on any atom is -0.355 e. The van der Waals surface area contributed by atoms with Gasteiger partial charge in [-0.05, 0) is 6.92 Å². The summed E-state index contributed by atoms with van der Waals surface area (Å²) in [5, 5.41) is 6.93. The second kappa shape index (κ2) is 6.42. The predicted molar refractivity (Wildman–Crippen MR) is 72.8 cm³/mol. The number of aryl methyl sites for hydroxylation is 1. The summed E-state index contributed by atoms with van der Waals surface area (Å²) in [6.07, 6.45) is 3.92. The van der Waals surface area contributed by atoms with Crippen LogP contribution in [0.2, 0.25) is 0 Å². The predicted octanol–water partition coefficient (Wildman–Crippen LogP) is 1.04. The van der Waals surface area contributed by atoms with Gasteiger partial charge in [-0.3, -0.25) is 9.48 Å². The second-order valence-corrected chi connectivity index (χ2v) is 5.36. The molecule has 0 saturated carbocycles. The zero-order chi connectivity index (χ0) is 13.7. The number of hydrogen-bond donors (Lipinski definition) is 1. The number of aromatic nitrogens is 4.